The Hall–Kier alpha value is -3.26. The number of piperidine rings is 1. The second-order valence-corrected chi connectivity index (χ2v) is 8.02. The molecule has 8 nitrogen and oxygen atoms in total. The number of nitrogens with one attached hydrogen (secondary N) is 1. The number of aryl methyl sites for hydroxylation is 1. The molecule has 0 aliphatic carbocycles. The fourth-order valence-corrected chi connectivity index (χ4v) is 4.16. The van der Waals surface area contributed by atoms with Crippen molar-refractivity contribution >= 4 is 17.0 Å². The first kappa shape index (κ1) is 18.7. The van der Waals surface area contributed by atoms with E-state index in [-0.39, 0.29) is 0 Å². The molecule has 4 aromatic rings. The quantitative estimate of drug-likeness (QED) is 0.543. The third-order valence-corrected chi connectivity index (χ3v) is 5.96. The fraction of sp³-hybridized carbons (Fsp3) is 0.364. The second kappa shape index (κ2) is 7.53. The van der Waals surface area contributed by atoms with Gasteiger partial charge in [0.05, 0.1) is 17.9 Å². The minimum Gasteiger partial charge on any atom is -0.368 e. The van der Waals surface area contributed by atoms with Gasteiger partial charge < -0.3 is 15.6 Å². The summed E-state index contributed by atoms with van der Waals surface area (Å²) in [5, 5.41) is 5.66. The first-order valence-electron chi connectivity index (χ1n) is 10.4. The Bertz CT molecular complexity index is 1180. The van der Waals surface area contributed by atoms with E-state index in [0.29, 0.717) is 12.0 Å². The summed E-state index contributed by atoms with van der Waals surface area (Å²) in [6.45, 7) is 4.28. The molecule has 4 aromatic heterocycles. The zero-order valence-corrected chi connectivity index (χ0v) is 17.3. The number of hydrogen-bond acceptors (Lipinski definition) is 6. The number of hydrogen-bond donors (Lipinski definition) is 2. The van der Waals surface area contributed by atoms with Gasteiger partial charge in [-0.3, -0.25) is 4.68 Å². The Morgan fingerprint density at radius 1 is 1.13 bits per heavy atom. The monoisotopic (exact) mass is 402 g/mol. The van der Waals surface area contributed by atoms with Gasteiger partial charge in [0.1, 0.15) is 5.65 Å². The number of anilines is 1. The summed E-state index contributed by atoms with van der Waals surface area (Å²) in [6, 6.07) is 4.60. The molecule has 3 N–H and O–H groups in total. The molecule has 0 saturated carbocycles. The molecule has 1 aliphatic rings. The molecule has 1 aliphatic heterocycles. The molecule has 0 amide bonds. The molecule has 0 radical (unpaired) electrons. The third-order valence-electron chi connectivity index (χ3n) is 5.96. The first-order valence-corrected chi connectivity index (χ1v) is 10.4. The number of nitrogens with zero attached hydrogens (tertiary/aromatic N) is 6. The first-order chi connectivity index (χ1) is 14.6. The van der Waals surface area contributed by atoms with Crippen molar-refractivity contribution in [1.29, 1.82) is 0 Å². The van der Waals surface area contributed by atoms with E-state index in [9.17, 15) is 0 Å². The lowest BCUT2D eigenvalue weighted by Crippen LogP contribution is -2.31. The van der Waals surface area contributed by atoms with Gasteiger partial charge in [-0.25, -0.2) is 15.0 Å². The molecule has 0 aromatic carbocycles. The van der Waals surface area contributed by atoms with Crippen LogP contribution in [-0.2, 0) is 6.42 Å². The van der Waals surface area contributed by atoms with Crippen LogP contribution in [0.3, 0.4) is 0 Å². The van der Waals surface area contributed by atoms with E-state index in [1.807, 2.05) is 24.7 Å². The van der Waals surface area contributed by atoms with Gasteiger partial charge in [-0.05, 0) is 51.5 Å². The highest BCUT2D eigenvalue weighted by atomic mass is 15.3. The van der Waals surface area contributed by atoms with Gasteiger partial charge in [0.25, 0.3) is 0 Å². The summed E-state index contributed by atoms with van der Waals surface area (Å²) in [5.74, 6) is 0.294. The number of rotatable bonds is 4. The number of nitrogen functional groups attached to an aromatic ring is 1. The van der Waals surface area contributed by atoms with Crippen LogP contribution < -0.4 is 5.73 Å². The molecule has 1 saturated heterocycles. The Morgan fingerprint density at radius 3 is 2.77 bits per heavy atom. The van der Waals surface area contributed by atoms with E-state index in [0.717, 1.165) is 71.5 Å². The summed E-state index contributed by atoms with van der Waals surface area (Å²) in [6.07, 6.45) is 11.0. The SMILES string of the molecule is CCc1cc(-c2c[nH]c3ncc(-c4cnn(C5CCN(C)CC5)c4)cc23)nc(N)n1. The Labute approximate surface area is 175 Å². The molecule has 30 heavy (non-hydrogen) atoms. The van der Waals surface area contributed by atoms with Crippen molar-refractivity contribution in [1.82, 2.24) is 34.6 Å². The van der Waals surface area contributed by atoms with Crippen LogP contribution >= 0.6 is 0 Å². The van der Waals surface area contributed by atoms with Crippen molar-refractivity contribution < 1.29 is 0 Å². The molecular weight excluding hydrogens is 376 g/mol. The predicted octanol–water partition coefficient (Wildman–Crippen LogP) is 3.29. The number of nitrogens with two attached hydrogens (primary N) is 1. The van der Waals surface area contributed by atoms with Crippen LogP contribution in [0.15, 0.2) is 36.9 Å². The lowest BCUT2D eigenvalue weighted by atomic mass is 10.1. The van der Waals surface area contributed by atoms with Crippen LogP contribution in [-0.4, -0.2) is 54.8 Å². The summed E-state index contributed by atoms with van der Waals surface area (Å²) in [4.78, 5) is 19.0. The Balaban J connectivity index is 1.50. The minimum atomic E-state index is 0.294. The molecule has 5 rings (SSSR count). The molecule has 0 bridgehead atoms. The van der Waals surface area contributed by atoms with Crippen LogP contribution in [0, 0.1) is 0 Å². The van der Waals surface area contributed by atoms with Gasteiger partial charge in [-0.2, -0.15) is 5.10 Å². The number of H-pyrrole nitrogens is 1. The molecule has 0 atom stereocenters. The van der Waals surface area contributed by atoms with Crippen LogP contribution in [0.4, 0.5) is 5.95 Å². The van der Waals surface area contributed by atoms with Crippen LogP contribution in [0.2, 0.25) is 0 Å². The third kappa shape index (κ3) is 3.43. The van der Waals surface area contributed by atoms with Gasteiger partial charge in [0, 0.05) is 46.4 Å². The predicted molar refractivity (Wildman–Crippen MR) is 118 cm³/mol. The Morgan fingerprint density at radius 2 is 1.97 bits per heavy atom. The number of aromatic nitrogens is 6. The molecule has 154 valence electrons. The average molecular weight is 403 g/mol. The molecule has 5 heterocycles. The summed E-state index contributed by atoms with van der Waals surface area (Å²) >= 11 is 0. The molecule has 1 fully saturated rings. The normalized spacial score (nSPS) is 15.8. The Kier molecular flexibility index (Phi) is 4.71. The number of likely N-dealkylation sites (tertiary alicyclic amines) is 1. The van der Waals surface area contributed by atoms with E-state index >= 15 is 0 Å². The van der Waals surface area contributed by atoms with E-state index in [1.165, 1.54) is 0 Å². The maximum atomic E-state index is 5.93. The number of fused-ring (bicyclic) bond motifs is 1. The van der Waals surface area contributed by atoms with Crippen molar-refractivity contribution in [2.75, 3.05) is 25.9 Å². The topological polar surface area (TPSA) is 102 Å². The standard InChI is InChI=1S/C22H26N8/c1-3-16-9-20(28-22(23)27-16)19-12-25-21-18(19)8-14(10-24-21)15-11-26-30(13-15)17-4-6-29(2)7-5-17/h8-13,17H,3-7H2,1-2H3,(H,24,25)(H2,23,27,28). The fourth-order valence-electron chi connectivity index (χ4n) is 4.16. The maximum absolute atomic E-state index is 5.93. The molecule has 0 unspecified atom stereocenters. The molecule has 0 spiro atoms. The smallest absolute Gasteiger partial charge is 0.220 e. The van der Waals surface area contributed by atoms with Crippen molar-refractivity contribution in [2.24, 2.45) is 0 Å². The largest absolute Gasteiger partial charge is 0.368 e. The highest BCUT2D eigenvalue weighted by Gasteiger charge is 2.19. The van der Waals surface area contributed by atoms with Crippen molar-refractivity contribution in [3.8, 4) is 22.4 Å². The lowest BCUT2D eigenvalue weighted by molar-refractivity contribution is 0.212. The summed E-state index contributed by atoms with van der Waals surface area (Å²) < 4.78 is 2.11. The van der Waals surface area contributed by atoms with Crippen LogP contribution in [0.5, 0.6) is 0 Å². The van der Waals surface area contributed by atoms with Crippen LogP contribution in [0.1, 0.15) is 31.5 Å². The lowest BCUT2D eigenvalue weighted by Gasteiger charge is -2.28. The summed E-state index contributed by atoms with van der Waals surface area (Å²) in [5.41, 5.74) is 11.6. The molecular formula is C22H26N8. The van der Waals surface area contributed by atoms with Gasteiger partial charge in [-0.1, -0.05) is 6.92 Å². The number of aromatic amines is 1. The average Bonchev–Trinajstić information content (AvgIpc) is 3.41. The molecule has 8 heteroatoms. The van der Waals surface area contributed by atoms with E-state index in [1.54, 1.807) is 0 Å². The van der Waals surface area contributed by atoms with Gasteiger partial charge >= 0.3 is 0 Å². The highest BCUT2D eigenvalue weighted by Crippen LogP contribution is 2.31. The van der Waals surface area contributed by atoms with E-state index < -0.39 is 0 Å². The minimum absolute atomic E-state index is 0.294. The van der Waals surface area contributed by atoms with Gasteiger partial charge in [-0.15, -0.1) is 0 Å². The van der Waals surface area contributed by atoms with Gasteiger partial charge in [0.2, 0.25) is 5.95 Å². The van der Waals surface area contributed by atoms with Gasteiger partial charge in [0.15, 0.2) is 0 Å². The van der Waals surface area contributed by atoms with Crippen LogP contribution in [0.25, 0.3) is 33.4 Å². The second-order valence-electron chi connectivity index (χ2n) is 8.02. The zero-order valence-electron chi connectivity index (χ0n) is 17.3. The summed E-state index contributed by atoms with van der Waals surface area (Å²) in [7, 11) is 2.18. The zero-order chi connectivity index (χ0) is 20.7. The van der Waals surface area contributed by atoms with Crippen molar-refractivity contribution in [3.05, 3.63) is 42.6 Å². The number of pyridine rings is 1. The maximum Gasteiger partial charge on any atom is 0.220 e. The van der Waals surface area contributed by atoms with Crippen molar-refractivity contribution in [2.45, 2.75) is 32.2 Å². The van der Waals surface area contributed by atoms with E-state index in [2.05, 4.69) is 60.9 Å². The van der Waals surface area contributed by atoms with E-state index in [4.69, 9.17) is 5.73 Å². The highest BCUT2D eigenvalue weighted by molar-refractivity contribution is 5.95. The van der Waals surface area contributed by atoms with Crippen molar-refractivity contribution in [3.63, 3.8) is 0 Å².